The van der Waals surface area contributed by atoms with E-state index in [1.807, 2.05) is 63.6 Å². The largest absolute Gasteiger partial charge is 0.429 e. The van der Waals surface area contributed by atoms with Gasteiger partial charge in [-0.15, -0.1) is 0 Å². The van der Waals surface area contributed by atoms with Crippen molar-refractivity contribution in [1.82, 2.24) is 4.57 Å². The third-order valence-corrected chi connectivity index (χ3v) is 2.05. The van der Waals surface area contributed by atoms with Crippen molar-refractivity contribution in [2.24, 2.45) is 7.05 Å². The number of nitrogens with zero attached hydrogens (tertiary/aromatic N) is 1. The van der Waals surface area contributed by atoms with E-state index in [1.165, 1.54) is 0 Å². The molecule has 15 heavy (non-hydrogen) atoms. The second-order valence-corrected chi connectivity index (χ2v) is 2.74. The van der Waals surface area contributed by atoms with Gasteiger partial charge in [-0.25, -0.2) is 0 Å². The van der Waals surface area contributed by atoms with Crippen molar-refractivity contribution in [2.45, 2.75) is 27.7 Å². The molecule has 2 aromatic rings. The van der Waals surface area contributed by atoms with Crippen LogP contribution in [0.2, 0.25) is 0 Å². The Labute approximate surface area is 96.5 Å². The second-order valence-electron chi connectivity index (χ2n) is 2.39. The number of aromatic nitrogens is 1. The summed E-state index contributed by atoms with van der Waals surface area (Å²) in [6.07, 6.45) is 0. The van der Waals surface area contributed by atoms with Gasteiger partial charge in [0.2, 0.25) is 0 Å². The molecule has 0 radical (unpaired) electrons. The number of para-hydroxylation sites is 2. The Hall–Kier alpha value is -1.09. The molecule has 2 rings (SSSR count). The Bertz CT molecular complexity index is 442. The molecule has 0 aliphatic rings. The molecular formula is C12H19NOS. The molecule has 2 nitrogen and oxygen atoms in total. The van der Waals surface area contributed by atoms with Crippen LogP contribution in [0.3, 0.4) is 0 Å². The summed E-state index contributed by atoms with van der Waals surface area (Å²) < 4.78 is 7.13. The van der Waals surface area contributed by atoms with Crippen LogP contribution in [0.5, 0.6) is 0 Å². The molecule has 0 aliphatic carbocycles. The molecule has 0 bridgehead atoms. The summed E-state index contributed by atoms with van der Waals surface area (Å²) in [5.74, 6) is 0. The number of benzene rings is 1. The van der Waals surface area contributed by atoms with E-state index in [-0.39, 0.29) is 0 Å². The van der Waals surface area contributed by atoms with Crippen molar-refractivity contribution >= 4 is 23.3 Å². The number of hydrogen-bond acceptors (Lipinski definition) is 2. The van der Waals surface area contributed by atoms with Crippen LogP contribution < -0.4 is 0 Å². The molecule has 0 atom stereocenters. The van der Waals surface area contributed by atoms with Gasteiger partial charge in [0.15, 0.2) is 5.58 Å². The van der Waals surface area contributed by atoms with E-state index in [4.69, 9.17) is 16.6 Å². The van der Waals surface area contributed by atoms with Crippen molar-refractivity contribution in [3.05, 3.63) is 29.1 Å². The minimum atomic E-state index is 0.520. The van der Waals surface area contributed by atoms with Gasteiger partial charge in [-0.3, -0.25) is 0 Å². The average molecular weight is 225 g/mol. The van der Waals surface area contributed by atoms with Gasteiger partial charge in [-0.05, 0) is 24.4 Å². The van der Waals surface area contributed by atoms with Crippen molar-refractivity contribution in [1.29, 1.82) is 0 Å². The van der Waals surface area contributed by atoms with Gasteiger partial charge in [0, 0.05) is 7.05 Å². The first-order chi connectivity index (χ1) is 7.29. The number of fused-ring (bicyclic) bond motifs is 1. The maximum Gasteiger partial charge on any atom is 0.269 e. The van der Waals surface area contributed by atoms with Gasteiger partial charge < -0.3 is 8.98 Å². The van der Waals surface area contributed by atoms with Gasteiger partial charge in [-0.1, -0.05) is 39.8 Å². The predicted molar refractivity (Wildman–Crippen MR) is 68.7 cm³/mol. The summed E-state index contributed by atoms with van der Waals surface area (Å²) in [5, 5.41) is 0. The summed E-state index contributed by atoms with van der Waals surface area (Å²) in [5.41, 5.74) is 1.89. The first-order valence-corrected chi connectivity index (χ1v) is 5.74. The fraction of sp³-hybridized carbons (Fsp3) is 0.417. The SMILES string of the molecule is CC.CC.Cn1c(=S)oc2ccccc21. The van der Waals surface area contributed by atoms with Crippen molar-refractivity contribution in [2.75, 3.05) is 0 Å². The second kappa shape index (κ2) is 7.23. The maximum absolute atomic E-state index is 5.28. The van der Waals surface area contributed by atoms with E-state index in [9.17, 15) is 0 Å². The summed E-state index contributed by atoms with van der Waals surface area (Å²) in [7, 11) is 1.90. The molecule has 0 unspecified atom stereocenters. The molecule has 0 saturated heterocycles. The van der Waals surface area contributed by atoms with E-state index in [0.717, 1.165) is 11.1 Å². The Balaban J connectivity index is 0.000000442. The summed E-state index contributed by atoms with van der Waals surface area (Å²) >= 11 is 4.95. The maximum atomic E-state index is 5.28. The highest BCUT2D eigenvalue weighted by Crippen LogP contribution is 2.14. The van der Waals surface area contributed by atoms with Crippen LogP contribution in [-0.4, -0.2) is 4.57 Å². The van der Waals surface area contributed by atoms with Gasteiger partial charge in [0.25, 0.3) is 4.84 Å². The average Bonchev–Trinajstić information content (AvgIpc) is 2.61. The molecule has 1 aromatic carbocycles. The third-order valence-electron chi connectivity index (χ3n) is 1.70. The first-order valence-electron chi connectivity index (χ1n) is 5.33. The monoisotopic (exact) mass is 225 g/mol. The lowest BCUT2D eigenvalue weighted by Gasteiger charge is -1.88. The van der Waals surface area contributed by atoms with E-state index in [1.54, 1.807) is 0 Å². The number of rotatable bonds is 0. The van der Waals surface area contributed by atoms with Crippen LogP contribution >= 0.6 is 12.2 Å². The smallest absolute Gasteiger partial charge is 0.269 e. The number of hydrogen-bond donors (Lipinski definition) is 0. The highest BCUT2D eigenvalue weighted by Gasteiger charge is 1.99. The Morgan fingerprint density at radius 1 is 1.07 bits per heavy atom. The van der Waals surface area contributed by atoms with Crippen LogP contribution in [0.25, 0.3) is 11.1 Å². The molecule has 0 N–H and O–H groups in total. The Morgan fingerprint density at radius 2 is 1.60 bits per heavy atom. The van der Waals surface area contributed by atoms with E-state index in [2.05, 4.69) is 0 Å². The van der Waals surface area contributed by atoms with Crippen LogP contribution in [-0.2, 0) is 7.05 Å². The molecule has 0 amide bonds. The fourth-order valence-corrected chi connectivity index (χ4v) is 1.27. The Kier molecular flexibility index (Phi) is 6.71. The molecule has 0 aliphatic heterocycles. The van der Waals surface area contributed by atoms with Gasteiger partial charge in [0.05, 0.1) is 5.52 Å². The van der Waals surface area contributed by atoms with Crippen LogP contribution in [0.4, 0.5) is 0 Å². The zero-order valence-electron chi connectivity index (χ0n) is 10.1. The fourth-order valence-electron chi connectivity index (χ4n) is 1.08. The van der Waals surface area contributed by atoms with Crippen molar-refractivity contribution in [3.63, 3.8) is 0 Å². The van der Waals surface area contributed by atoms with E-state index < -0.39 is 0 Å². The number of aryl methyl sites for hydroxylation is 1. The lowest BCUT2D eigenvalue weighted by atomic mass is 10.3. The molecule has 0 spiro atoms. The van der Waals surface area contributed by atoms with E-state index >= 15 is 0 Å². The zero-order chi connectivity index (χ0) is 11.8. The van der Waals surface area contributed by atoms with Crippen molar-refractivity contribution < 1.29 is 4.42 Å². The predicted octanol–water partition coefficient (Wildman–Crippen LogP) is 4.55. The molecule has 84 valence electrons. The molecule has 1 aromatic heterocycles. The van der Waals surface area contributed by atoms with Crippen LogP contribution in [0.1, 0.15) is 27.7 Å². The third kappa shape index (κ3) is 3.20. The Morgan fingerprint density at radius 3 is 2.13 bits per heavy atom. The van der Waals surface area contributed by atoms with Crippen molar-refractivity contribution in [3.8, 4) is 0 Å². The quantitative estimate of drug-likeness (QED) is 0.612. The molecule has 1 heterocycles. The minimum Gasteiger partial charge on any atom is -0.429 e. The summed E-state index contributed by atoms with van der Waals surface area (Å²) in [4.78, 5) is 0.520. The van der Waals surface area contributed by atoms with Crippen LogP contribution in [0, 0.1) is 4.84 Å². The number of oxazole rings is 1. The summed E-state index contributed by atoms with van der Waals surface area (Å²) in [6, 6.07) is 7.78. The topological polar surface area (TPSA) is 18.1 Å². The molecule has 0 saturated carbocycles. The highest BCUT2D eigenvalue weighted by molar-refractivity contribution is 7.71. The van der Waals surface area contributed by atoms with Gasteiger partial charge in [-0.2, -0.15) is 0 Å². The standard InChI is InChI=1S/C8H7NOS.2C2H6/c1-9-6-4-2-3-5-7(6)10-8(9)11;2*1-2/h2-5H,1H3;2*1-2H3. The lowest BCUT2D eigenvalue weighted by molar-refractivity contribution is 0.559. The van der Waals surface area contributed by atoms with Crippen LogP contribution in [0.15, 0.2) is 28.7 Å². The lowest BCUT2D eigenvalue weighted by Crippen LogP contribution is -1.84. The molecule has 3 heteroatoms. The minimum absolute atomic E-state index is 0.520. The molecule has 0 fully saturated rings. The highest BCUT2D eigenvalue weighted by atomic mass is 32.1. The normalized spacial score (nSPS) is 8.60. The van der Waals surface area contributed by atoms with E-state index in [0.29, 0.717) is 4.84 Å². The van der Waals surface area contributed by atoms with Gasteiger partial charge in [0.1, 0.15) is 0 Å². The van der Waals surface area contributed by atoms with Gasteiger partial charge >= 0.3 is 0 Å². The molecular weight excluding hydrogens is 206 g/mol. The first kappa shape index (κ1) is 13.9. The zero-order valence-corrected chi connectivity index (χ0v) is 10.9. The summed E-state index contributed by atoms with van der Waals surface area (Å²) in [6.45, 7) is 8.00.